The van der Waals surface area contributed by atoms with Crippen LogP contribution in [0.4, 0.5) is 0 Å². The average Bonchev–Trinajstić information content (AvgIpc) is 3.23. The molecule has 1 unspecified atom stereocenters. The number of ether oxygens (including phenoxy) is 2. The molecule has 3 aromatic heterocycles. The van der Waals surface area contributed by atoms with Gasteiger partial charge in [-0.2, -0.15) is 0 Å². The van der Waals surface area contributed by atoms with E-state index < -0.39 is 8.80 Å². The molecule has 1 aliphatic heterocycles. The summed E-state index contributed by atoms with van der Waals surface area (Å²) in [5.41, 5.74) is 2.77. The standard InChI is InChI=1S/C21H26O8Si/c1(5-22-16-21-17-26-21)9-30(27-13-18-2-6-23-10-18,28-14-19-3-7-24-11-19)29-15-20-4-8-25-12-20/h2-4,6-8,10-12,21H,1,5,9,13-17H2. The van der Waals surface area contributed by atoms with Gasteiger partial charge in [-0.1, -0.05) is 0 Å². The van der Waals surface area contributed by atoms with E-state index in [0.717, 1.165) is 29.7 Å². The predicted molar refractivity (Wildman–Crippen MR) is 106 cm³/mol. The molecule has 0 spiro atoms. The minimum absolute atomic E-state index is 0.249. The van der Waals surface area contributed by atoms with E-state index in [0.29, 0.717) is 39.1 Å². The molecule has 0 bridgehead atoms. The molecular formula is C21H26O8Si. The van der Waals surface area contributed by atoms with Crippen LogP contribution in [0.5, 0.6) is 0 Å². The van der Waals surface area contributed by atoms with Gasteiger partial charge in [-0.05, 0) is 24.6 Å². The summed E-state index contributed by atoms with van der Waals surface area (Å²) in [7, 11) is -3.06. The third-order valence-corrected chi connectivity index (χ3v) is 7.31. The summed E-state index contributed by atoms with van der Waals surface area (Å²) in [6.45, 7) is 3.03. The van der Waals surface area contributed by atoms with Gasteiger partial charge in [0.25, 0.3) is 0 Å². The van der Waals surface area contributed by atoms with Crippen molar-refractivity contribution in [3.8, 4) is 0 Å². The van der Waals surface area contributed by atoms with Crippen LogP contribution in [0.25, 0.3) is 0 Å². The van der Waals surface area contributed by atoms with E-state index in [2.05, 4.69) is 0 Å². The highest BCUT2D eigenvalue weighted by Gasteiger charge is 2.41. The zero-order valence-corrected chi connectivity index (χ0v) is 17.7. The lowest BCUT2D eigenvalue weighted by Gasteiger charge is -2.29. The van der Waals surface area contributed by atoms with Gasteiger partial charge < -0.3 is 36.0 Å². The number of hydrogen-bond acceptors (Lipinski definition) is 8. The fraction of sp³-hybridized carbons (Fsp3) is 0.429. The van der Waals surface area contributed by atoms with Crippen LogP contribution in [0.15, 0.2) is 69.0 Å². The van der Waals surface area contributed by atoms with Crippen molar-refractivity contribution in [2.24, 2.45) is 0 Å². The maximum absolute atomic E-state index is 6.30. The van der Waals surface area contributed by atoms with Crippen LogP contribution in [0, 0.1) is 0 Å². The number of epoxide rings is 1. The Labute approximate surface area is 176 Å². The molecule has 30 heavy (non-hydrogen) atoms. The van der Waals surface area contributed by atoms with Crippen molar-refractivity contribution in [3.05, 3.63) is 72.5 Å². The third kappa shape index (κ3) is 6.69. The van der Waals surface area contributed by atoms with Crippen molar-refractivity contribution in [2.75, 3.05) is 19.8 Å². The average molecular weight is 435 g/mol. The number of hydrogen-bond donors (Lipinski definition) is 0. The van der Waals surface area contributed by atoms with E-state index in [1.807, 2.05) is 18.2 Å². The summed E-state index contributed by atoms with van der Waals surface area (Å²) in [6, 6.07) is 6.21. The quantitative estimate of drug-likeness (QED) is 0.200. The summed E-state index contributed by atoms with van der Waals surface area (Å²) in [5.74, 6) is 0. The van der Waals surface area contributed by atoms with Crippen molar-refractivity contribution in [3.63, 3.8) is 0 Å². The molecule has 1 saturated heterocycles. The molecule has 4 rings (SSSR count). The monoisotopic (exact) mass is 434 g/mol. The molecule has 1 fully saturated rings. The summed E-state index contributed by atoms with van der Waals surface area (Å²) >= 11 is 0. The highest BCUT2D eigenvalue weighted by molar-refractivity contribution is 6.60. The Morgan fingerprint density at radius 2 is 1.30 bits per heavy atom. The van der Waals surface area contributed by atoms with Gasteiger partial charge in [-0.15, -0.1) is 0 Å². The van der Waals surface area contributed by atoms with Gasteiger partial charge in [-0.3, -0.25) is 0 Å². The lowest BCUT2D eigenvalue weighted by atomic mass is 10.4. The molecule has 8 nitrogen and oxygen atoms in total. The molecular weight excluding hydrogens is 408 g/mol. The lowest BCUT2D eigenvalue weighted by molar-refractivity contribution is 0.0385. The second-order valence-electron chi connectivity index (χ2n) is 7.08. The van der Waals surface area contributed by atoms with Gasteiger partial charge in [0.2, 0.25) is 0 Å². The van der Waals surface area contributed by atoms with Gasteiger partial charge in [0, 0.05) is 29.3 Å². The van der Waals surface area contributed by atoms with Crippen LogP contribution in [-0.2, 0) is 42.6 Å². The van der Waals surface area contributed by atoms with Gasteiger partial charge in [0.15, 0.2) is 0 Å². The Bertz CT molecular complexity index is 718. The molecule has 162 valence electrons. The molecule has 0 amide bonds. The number of rotatable bonds is 15. The third-order valence-electron chi connectivity index (χ3n) is 4.59. The van der Waals surface area contributed by atoms with Gasteiger partial charge in [0.05, 0.1) is 70.6 Å². The van der Waals surface area contributed by atoms with Crippen molar-refractivity contribution in [2.45, 2.75) is 38.4 Å². The highest BCUT2D eigenvalue weighted by atomic mass is 28.4. The summed E-state index contributed by atoms with van der Waals surface area (Å²) in [6.07, 6.45) is 10.8. The van der Waals surface area contributed by atoms with Crippen LogP contribution >= 0.6 is 0 Å². The van der Waals surface area contributed by atoms with Crippen molar-refractivity contribution < 1.29 is 36.0 Å². The Balaban J connectivity index is 1.40. The van der Waals surface area contributed by atoms with Crippen LogP contribution in [-0.4, -0.2) is 34.7 Å². The smallest absolute Gasteiger partial charge is 0.472 e. The molecule has 1 atom stereocenters. The largest absolute Gasteiger partial charge is 0.501 e. The Morgan fingerprint density at radius 3 is 1.70 bits per heavy atom. The van der Waals surface area contributed by atoms with E-state index in [1.54, 1.807) is 37.6 Å². The predicted octanol–water partition coefficient (Wildman–Crippen LogP) is 4.16. The van der Waals surface area contributed by atoms with Crippen LogP contribution in [0.2, 0.25) is 6.04 Å². The molecule has 0 N–H and O–H groups in total. The van der Waals surface area contributed by atoms with E-state index >= 15 is 0 Å². The fourth-order valence-electron chi connectivity index (χ4n) is 2.82. The number of furan rings is 3. The minimum Gasteiger partial charge on any atom is -0.472 e. The Hall–Kier alpha value is -2.14. The zero-order valence-electron chi connectivity index (χ0n) is 16.7. The van der Waals surface area contributed by atoms with Gasteiger partial charge in [0.1, 0.15) is 6.10 Å². The molecule has 0 aliphatic carbocycles. The van der Waals surface area contributed by atoms with Crippen LogP contribution in [0.3, 0.4) is 0 Å². The Morgan fingerprint density at radius 1 is 0.800 bits per heavy atom. The topological polar surface area (TPSA) is 88.9 Å². The van der Waals surface area contributed by atoms with Crippen LogP contribution < -0.4 is 0 Å². The molecule has 9 heteroatoms. The molecule has 0 aromatic carbocycles. The second kappa shape index (κ2) is 10.8. The van der Waals surface area contributed by atoms with Gasteiger partial charge >= 0.3 is 8.80 Å². The molecule has 0 saturated carbocycles. The summed E-state index contributed by atoms with van der Waals surface area (Å²) < 4.78 is 45.2. The maximum Gasteiger partial charge on any atom is 0.501 e. The lowest BCUT2D eigenvalue weighted by Crippen LogP contribution is -2.45. The van der Waals surface area contributed by atoms with Crippen molar-refractivity contribution in [1.82, 2.24) is 0 Å². The maximum atomic E-state index is 6.30. The van der Waals surface area contributed by atoms with E-state index in [4.69, 9.17) is 36.0 Å². The summed E-state index contributed by atoms with van der Waals surface area (Å²) in [5, 5.41) is 0. The van der Waals surface area contributed by atoms with E-state index in [1.165, 1.54) is 0 Å². The fourth-order valence-corrected chi connectivity index (χ4v) is 5.24. The SMILES string of the molecule is c1cc(CO[Si](CCCOCC2CO2)(OCc2ccoc2)OCc2ccoc2)co1. The summed E-state index contributed by atoms with van der Waals surface area (Å²) in [4.78, 5) is 0. The van der Waals surface area contributed by atoms with Crippen LogP contribution in [0.1, 0.15) is 23.1 Å². The van der Waals surface area contributed by atoms with E-state index in [-0.39, 0.29) is 6.10 Å². The first-order valence-electron chi connectivity index (χ1n) is 9.96. The molecule has 0 radical (unpaired) electrons. The molecule has 4 heterocycles. The van der Waals surface area contributed by atoms with Gasteiger partial charge in [-0.25, -0.2) is 0 Å². The van der Waals surface area contributed by atoms with E-state index in [9.17, 15) is 0 Å². The first kappa shape index (κ1) is 21.1. The first-order chi connectivity index (χ1) is 14.8. The normalized spacial score (nSPS) is 16.2. The van der Waals surface area contributed by atoms with Crippen molar-refractivity contribution >= 4 is 8.80 Å². The minimum atomic E-state index is -3.06. The zero-order chi connectivity index (χ0) is 20.5. The molecule has 3 aromatic rings. The molecule has 1 aliphatic rings. The highest BCUT2D eigenvalue weighted by Crippen LogP contribution is 2.24. The second-order valence-corrected chi connectivity index (χ2v) is 9.81. The first-order valence-corrected chi connectivity index (χ1v) is 11.9. The Kier molecular flexibility index (Phi) is 7.57. The van der Waals surface area contributed by atoms with Crippen molar-refractivity contribution in [1.29, 1.82) is 0 Å².